The molecule has 1 aromatic heterocycles. The van der Waals surface area contributed by atoms with Crippen LogP contribution in [-0.2, 0) is 0 Å². The van der Waals surface area contributed by atoms with Crippen LogP contribution in [0.1, 0.15) is 0 Å². The van der Waals surface area contributed by atoms with Crippen molar-refractivity contribution in [3.8, 4) is 11.4 Å². The summed E-state index contributed by atoms with van der Waals surface area (Å²) in [7, 11) is 0. The van der Waals surface area contributed by atoms with Crippen molar-refractivity contribution in [3.05, 3.63) is 30.3 Å². The van der Waals surface area contributed by atoms with Gasteiger partial charge in [0.05, 0.1) is 0 Å². The van der Waals surface area contributed by atoms with Gasteiger partial charge in [0, 0.05) is 5.56 Å². The zero-order chi connectivity index (χ0) is 10.8. The third-order valence-electron chi connectivity index (χ3n) is 1.89. The fourth-order valence-electron chi connectivity index (χ4n) is 1.21. The molecule has 2 rings (SSSR count). The average molecular weight is 202 g/mol. The molecule has 0 unspecified atom stereocenters. The highest BCUT2D eigenvalue weighted by Crippen LogP contribution is 2.15. The van der Waals surface area contributed by atoms with Crippen LogP contribution in [0.2, 0.25) is 0 Å². The molecule has 5 N–H and O–H groups in total. The van der Waals surface area contributed by atoms with Crippen LogP contribution in [0, 0.1) is 5.41 Å². The number of aromatic nitrogens is 3. The first kappa shape index (κ1) is 9.20. The summed E-state index contributed by atoms with van der Waals surface area (Å²) in [6.07, 6.45) is 0. The van der Waals surface area contributed by atoms with Crippen LogP contribution in [0.3, 0.4) is 0 Å². The average Bonchev–Trinajstić information content (AvgIpc) is 2.62. The SMILES string of the molecule is N=C(N)n1nc(-c2ccccc2)nc1N. The molecule has 15 heavy (non-hydrogen) atoms. The smallest absolute Gasteiger partial charge is 0.226 e. The highest BCUT2D eigenvalue weighted by atomic mass is 15.4. The third-order valence-corrected chi connectivity index (χ3v) is 1.89. The van der Waals surface area contributed by atoms with Gasteiger partial charge < -0.3 is 11.5 Å². The molecule has 0 aliphatic carbocycles. The Balaban J connectivity index is 2.48. The number of nitrogens with one attached hydrogen (secondary N) is 1. The van der Waals surface area contributed by atoms with Gasteiger partial charge in [0.2, 0.25) is 11.9 Å². The lowest BCUT2D eigenvalue weighted by Crippen LogP contribution is -2.23. The summed E-state index contributed by atoms with van der Waals surface area (Å²) in [5.74, 6) is 0.326. The first-order chi connectivity index (χ1) is 7.18. The Morgan fingerprint density at radius 2 is 1.93 bits per heavy atom. The van der Waals surface area contributed by atoms with Gasteiger partial charge in [0.25, 0.3) is 0 Å². The predicted molar refractivity (Wildman–Crippen MR) is 57.2 cm³/mol. The Morgan fingerprint density at radius 3 is 2.47 bits per heavy atom. The molecule has 0 saturated carbocycles. The van der Waals surface area contributed by atoms with Crippen LogP contribution < -0.4 is 11.5 Å². The van der Waals surface area contributed by atoms with Crippen LogP contribution in [0.4, 0.5) is 5.95 Å². The Bertz CT molecular complexity index is 487. The van der Waals surface area contributed by atoms with Gasteiger partial charge in [-0.05, 0) is 0 Å². The van der Waals surface area contributed by atoms with Gasteiger partial charge >= 0.3 is 0 Å². The number of hydrogen-bond donors (Lipinski definition) is 3. The van der Waals surface area contributed by atoms with Gasteiger partial charge in [0.1, 0.15) is 0 Å². The quantitative estimate of drug-likeness (QED) is 0.455. The summed E-state index contributed by atoms with van der Waals surface area (Å²) < 4.78 is 1.09. The number of hydrogen-bond acceptors (Lipinski definition) is 4. The minimum atomic E-state index is -0.248. The molecule has 0 radical (unpaired) electrons. The zero-order valence-electron chi connectivity index (χ0n) is 7.88. The molecule has 2 aromatic rings. The maximum atomic E-state index is 7.21. The van der Waals surface area contributed by atoms with Crippen molar-refractivity contribution in [3.63, 3.8) is 0 Å². The number of rotatable bonds is 1. The molecule has 0 fully saturated rings. The van der Waals surface area contributed by atoms with E-state index in [2.05, 4.69) is 10.1 Å². The molecule has 1 aromatic carbocycles. The molecule has 6 nitrogen and oxygen atoms in total. The molecule has 0 spiro atoms. The van der Waals surface area contributed by atoms with Gasteiger partial charge in [-0.1, -0.05) is 30.3 Å². The summed E-state index contributed by atoms with van der Waals surface area (Å²) in [4.78, 5) is 4.01. The Labute approximate surface area is 86.0 Å². The van der Waals surface area contributed by atoms with Gasteiger partial charge in [-0.3, -0.25) is 5.41 Å². The van der Waals surface area contributed by atoms with E-state index in [4.69, 9.17) is 16.9 Å². The van der Waals surface area contributed by atoms with E-state index in [1.54, 1.807) is 0 Å². The summed E-state index contributed by atoms with van der Waals surface area (Å²) in [6.45, 7) is 0. The van der Waals surface area contributed by atoms with Crippen LogP contribution >= 0.6 is 0 Å². The molecule has 0 amide bonds. The van der Waals surface area contributed by atoms with Gasteiger partial charge in [0.15, 0.2) is 5.82 Å². The summed E-state index contributed by atoms with van der Waals surface area (Å²) >= 11 is 0. The summed E-state index contributed by atoms with van der Waals surface area (Å²) in [6, 6.07) is 9.37. The van der Waals surface area contributed by atoms with Gasteiger partial charge in [-0.25, -0.2) is 0 Å². The number of benzene rings is 1. The van der Waals surface area contributed by atoms with Crippen molar-refractivity contribution in [2.24, 2.45) is 5.73 Å². The minimum absolute atomic E-state index is 0.112. The first-order valence-corrected chi connectivity index (χ1v) is 4.31. The molecular weight excluding hydrogens is 192 g/mol. The van der Waals surface area contributed by atoms with Crippen LogP contribution in [0.25, 0.3) is 11.4 Å². The molecule has 0 aliphatic rings. The van der Waals surface area contributed by atoms with E-state index >= 15 is 0 Å². The largest absolute Gasteiger partial charge is 0.368 e. The van der Waals surface area contributed by atoms with E-state index in [-0.39, 0.29) is 11.9 Å². The number of anilines is 1. The summed E-state index contributed by atoms with van der Waals surface area (Å²) in [5.41, 5.74) is 11.7. The highest BCUT2D eigenvalue weighted by Gasteiger charge is 2.09. The van der Waals surface area contributed by atoms with Crippen molar-refractivity contribution in [2.45, 2.75) is 0 Å². The Kier molecular flexibility index (Phi) is 2.09. The second kappa shape index (κ2) is 3.41. The first-order valence-electron chi connectivity index (χ1n) is 4.31. The molecule has 76 valence electrons. The van der Waals surface area contributed by atoms with Crippen molar-refractivity contribution in [1.82, 2.24) is 14.8 Å². The highest BCUT2D eigenvalue weighted by molar-refractivity contribution is 5.79. The van der Waals surface area contributed by atoms with Gasteiger partial charge in [-0.15, -0.1) is 5.10 Å². The fraction of sp³-hybridized carbons (Fsp3) is 0. The number of nitrogens with zero attached hydrogens (tertiary/aromatic N) is 3. The molecule has 0 bridgehead atoms. The van der Waals surface area contributed by atoms with E-state index in [0.717, 1.165) is 10.2 Å². The van der Waals surface area contributed by atoms with Crippen LogP contribution in [0.5, 0.6) is 0 Å². The molecule has 6 heteroatoms. The maximum absolute atomic E-state index is 7.21. The maximum Gasteiger partial charge on any atom is 0.226 e. The van der Waals surface area contributed by atoms with Gasteiger partial charge in [-0.2, -0.15) is 9.67 Å². The Hall–Kier alpha value is -2.37. The van der Waals surface area contributed by atoms with Crippen molar-refractivity contribution in [2.75, 3.05) is 5.73 Å². The minimum Gasteiger partial charge on any atom is -0.368 e. The second-order valence-corrected chi connectivity index (χ2v) is 2.96. The monoisotopic (exact) mass is 202 g/mol. The lowest BCUT2D eigenvalue weighted by Gasteiger charge is -1.95. The zero-order valence-corrected chi connectivity index (χ0v) is 7.88. The van der Waals surface area contributed by atoms with E-state index in [1.807, 2.05) is 30.3 Å². The van der Waals surface area contributed by atoms with E-state index in [9.17, 15) is 0 Å². The standard InChI is InChI=1S/C9H10N6/c10-8(11)15-9(12)13-7(14-15)6-4-2-1-3-5-6/h1-5H,(H3,10,11)(H2,12,13,14). The Morgan fingerprint density at radius 1 is 1.27 bits per heavy atom. The molecular formula is C9H10N6. The molecule has 1 heterocycles. The lowest BCUT2D eigenvalue weighted by atomic mass is 10.2. The number of nitrogen functional groups attached to an aromatic ring is 2. The van der Waals surface area contributed by atoms with E-state index in [0.29, 0.717) is 5.82 Å². The molecule has 0 aliphatic heterocycles. The fourth-order valence-corrected chi connectivity index (χ4v) is 1.21. The van der Waals surface area contributed by atoms with E-state index < -0.39 is 0 Å². The van der Waals surface area contributed by atoms with Crippen molar-refractivity contribution < 1.29 is 0 Å². The van der Waals surface area contributed by atoms with Crippen molar-refractivity contribution >= 4 is 11.9 Å². The van der Waals surface area contributed by atoms with Crippen LogP contribution in [0.15, 0.2) is 30.3 Å². The lowest BCUT2D eigenvalue weighted by molar-refractivity contribution is 0.925. The summed E-state index contributed by atoms with van der Waals surface area (Å²) in [5, 5.41) is 11.2. The van der Waals surface area contributed by atoms with E-state index in [1.165, 1.54) is 0 Å². The predicted octanol–water partition coefficient (Wildman–Crippen LogP) is 0.269. The number of nitrogens with two attached hydrogens (primary N) is 2. The normalized spacial score (nSPS) is 10.1. The molecule has 0 atom stereocenters. The topological polar surface area (TPSA) is 107 Å². The van der Waals surface area contributed by atoms with Crippen molar-refractivity contribution in [1.29, 1.82) is 5.41 Å². The second-order valence-electron chi connectivity index (χ2n) is 2.96. The third kappa shape index (κ3) is 1.64. The van der Waals surface area contributed by atoms with Crippen LogP contribution in [-0.4, -0.2) is 20.7 Å². The molecule has 0 saturated heterocycles.